The molecule has 1 fully saturated rings. The van der Waals surface area contributed by atoms with Gasteiger partial charge >= 0.3 is 0 Å². The summed E-state index contributed by atoms with van der Waals surface area (Å²) in [5.74, 6) is 1.61. The van der Waals surface area contributed by atoms with Crippen molar-refractivity contribution in [2.45, 2.75) is 45.7 Å². The van der Waals surface area contributed by atoms with E-state index in [0.717, 1.165) is 18.4 Å². The average molecular weight is 170 g/mol. The highest BCUT2D eigenvalue weighted by molar-refractivity contribution is 4.85. The van der Waals surface area contributed by atoms with E-state index in [9.17, 15) is 0 Å². The van der Waals surface area contributed by atoms with Gasteiger partial charge in [0.05, 0.1) is 0 Å². The molecule has 0 aromatic rings. The minimum Gasteiger partial charge on any atom is -0.326 e. The highest BCUT2D eigenvalue weighted by Crippen LogP contribution is 2.20. The fourth-order valence-electron chi connectivity index (χ4n) is 2.02. The van der Waals surface area contributed by atoms with Gasteiger partial charge in [0.1, 0.15) is 0 Å². The summed E-state index contributed by atoms with van der Waals surface area (Å²) in [5.41, 5.74) is 5.98. The predicted molar refractivity (Wildman–Crippen MR) is 53.0 cm³/mol. The normalized spacial score (nSPS) is 37.2. The Morgan fingerprint density at radius 3 is 2.67 bits per heavy atom. The van der Waals surface area contributed by atoms with Crippen LogP contribution in [0.4, 0.5) is 0 Å². The Labute approximate surface area is 75.9 Å². The molecule has 2 nitrogen and oxygen atoms in total. The molecule has 3 atom stereocenters. The number of rotatable bonds is 2. The number of nitrogens with one attached hydrogen (secondary N) is 1. The summed E-state index contributed by atoms with van der Waals surface area (Å²) >= 11 is 0. The van der Waals surface area contributed by atoms with Crippen molar-refractivity contribution in [1.29, 1.82) is 0 Å². The monoisotopic (exact) mass is 170 g/mol. The molecule has 72 valence electrons. The van der Waals surface area contributed by atoms with Gasteiger partial charge in [-0.3, -0.25) is 0 Å². The molecule has 12 heavy (non-hydrogen) atoms. The van der Waals surface area contributed by atoms with Crippen molar-refractivity contribution < 1.29 is 0 Å². The predicted octanol–water partition coefficient (Wildman–Crippen LogP) is 1.36. The Morgan fingerprint density at radius 2 is 2.17 bits per heavy atom. The molecular formula is C10H22N2. The molecule has 3 unspecified atom stereocenters. The molecule has 0 aromatic heterocycles. The maximum atomic E-state index is 5.98. The lowest BCUT2D eigenvalue weighted by atomic mass is 9.86. The van der Waals surface area contributed by atoms with Crippen LogP contribution >= 0.6 is 0 Å². The van der Waals surface area contributed by atoms with E-state index in [1.807, 2.05) is 0 Å². The Morgan fingerprint density at radius 1 is 1.50 bits per heavy atom. The third kappa shape index (κ3) is 2.76. The Balaban J connectivity index is 2.30. The second-order valence-electron chi connectivity index (χ2n) is 4.59. The fourth-order valence-corrected chi connectivity index (χ4v) is 2.02. The summed E-state index contributed by atoms with van der Waals surface area (Å²) < 4.78 is 0. The lowest BCUT2D eigenvalue weighted by molar-refractivity contribution is 0.255. The van der Waals surface area contributed by atoms with Gasteiger partial charge in [-0.1, -0.05) is 13.8 Å². The Bertz CT molecular complexity index is 134. The van der Waals surface area contributed by atoms with Crippen LogP contribution in [0.5, 0.6) is 0 Å². The molecule has 2 heteroatoms. The molecule has 0 radical (unpaired) electrons. The standard InChI is InChI=1S/C10H22N2/c1-7(2)4-9-5-10(11)8(3)12-6-9/h7-10,12H,4-6,11H2,1-3H3. The van der Waals surface area contributed by atoms with Crippen LogP contribution in [-0.4, -0.2) is 18.6 Å². The first-order chi connectivity index (χ1) is 5.59. The average Bonchev–Trinajstić information content (AvgIpc) is 1.96. The van der Waals surface area contributed by atoms with Crippen LogP contribution in [0.2, 0.25) is 0 Å². The van der Waals surface area contributed by atoms with E-state index in [2.05, 4.69) is 26.1 Å². The minimum absolute atomic E-state index is 0.363. The molecule has 3 N–H and O–H groups in total. The molecule has 0 saturated carbocycles. The molecule has 0 bridgehead atoms. The fraction of sp³-hybridized carbons (Fsp3) is 1.00. The molecule has 0 amide bonds. The highest BCUT2D eigenvalue weighted by atomic mass is 15.0. The van der Waals surface area contributed by atoms with Gasteiger partial charge in [0, 0.05) is 12.1 Å². The molecule has 1 aliphatic rings. The topological polar surface area (TPSA) is 38.0 Å². The van der Waals surface area contributed by atoms with Gasteiger partial charge < -0.3 is 11.1 Å². The zero-order valence-electron chi connectivity index (χ0n) is 8.51. The van der Waals surface area contributed by atoms with Crippen LogP contribution in [0.15, 0.2) is 0 Å². The van der Waals surface area contributed by atoms with E-state index in [0.29, 0.717) is 12.1 Å². The largest absolute Gasteiger partial charge is 0.326 e. The molecule has 0 aliphatic carbocycles. The van der Waals surface area contributed by atoms with E-state index in [-0.39, 0.29) is 0 Å². The van der Waals surface area contributed by atoms with Crippen LogP contribution in [0, 0.1) is 11.8 Å². The van der Waals surface area contributed by atoms with Gasteiger partial charge in [-0.25, -0.2) is 0 Å². The van der Waals surface area contributed by atoms with Gasteiger partial charge in [0.25, 0.3) is 0 Å². The van der Waals surface area contributed by atoms with E-state index in [4.69, 9.17) is 5.73 Å². The van der Waals surface area contributed by atoms with Crippen LogP contribution in [0.3, 0.4) is 0 Å². The summed E-state index contributed by atoms with van der Waals surface area (Å²) in [4.78, 5) is 0. The molecule has 1 aliphatic heterocycles. The smallest absolute Gasteiger partial charge is 0.0194 e. The van der Waals surface area contributed by atoms with Crippen molar-refractivity contribution in [3.05, 3.63) is 0 Å². The zero-order valence-corrected chi connectivity index (χ0v) is 8.51. The molecule has 1 heterocycles. The van der Waals surface area contributed by atoms with Gasteiger partial charge in [0.15, 0.2) is 0 Å². The first-order valence-corrected chi connectivity index (χ1v) is 5.08. The van der Waals surface area contributed by atoms with Gasteiger partial charge in [-0.2, -0.15) is 0 Å². The Hall–Kier alpha value is -0.0800. The van der Waals surface area contributed by atoms with Crippen molar-refractivity contribution in [2.24, 2.45) is 17.6 Å². The van der Waals surface area contributed by atoms with Crippen molar-refractivity contribution in [2.75, 3.05) is 6.54 Å². The van der Waals surface area contributed by atoms with Crippen molar-refractivity contribution >= 4 is 0 Å². The Kier molecular flexibility index (Phi) is 3.53. The third-order valence-electron chi connectivity index (χ3n) is 2.78. The lowest BCUT2D eigenvalue weighted by Gasteiger charge is -2.33. The van der Waals surface area contributed by atoms with Gasteiger partial charge in [-0.15, -0.1) is 0 Å². The maximum Gasteiger partial charge on any atom is 0.0194 e. The first-order valence-electron chi connectivity index (χ1n) is 5.08. The third-order valence-corrected chi connectivity index (χ3v) is 2.78. The highest BCUT2D eigenvalue weighted by Gasteiger charge is 2.24. The van der Waals surface area contributed by atoms with Crippen LogP contribution in [-0.2, 0) is 0 Å². The van der Waals surface area contributed by atoms with Crippen molar-refractivity contribution in [1.82, 2.24) is 5.32 Å². The summed E-state index contributed by atoms with van der Waals surface area (Å²) in [5, 5.41) is 3.46. The molecule has 1 saturated heterocycles. The zero-order chi connectivity index (χ0) is 9.14. The van der Waals surface area contributed by atoms with Crippen LogP contribution in [0.1, 0.15) is 33.6 Å². The van der Waals surface area contributed by atoms with E-state index in [1.165, 1.54) is 12.8 Å². The van der Waals surface area contributed by atoms with E-state index in [1.54, 1.807) is 0 Å². The van der Waals surface area contributed by atoms with E-state index < -0.39 is 0 Å². The minimum atomic E-state index is 0.363. The molecule has 1 rings (SSSR count). The van der Waals surface area contributed by atoms with Crippen molar-refractivity contribution in [3.8, 4) is 0 Å². The summed E-state index contributed by atoms with van der Waals surface area (Å²) in [6.07, 6.45) is 2.51. The van der Waals surface area contributed by atoms with Crippen LogP contribution < -0.4 is 11.1 Å². The second kappa shape index (κ2) is 4.24. The quantitative estimate of drug-likeness (QED) is 0.656. The number of hydrogen-bond donors (Lipinski definition) is 2. The van der Waals surface area contributed by atoms with Gasteiger partial charge in [0.2, 0.25) is 0 Å². The molecular weight excluding hydrogens is 148 g/mol. The first kappa shape index (κ1) is 10.0. The number of nitrogens with two attached hydrogens (primary N) is 1. The van der Waals surface area contributed by atoms with Crippen LogP contribution in [0.25, 0.3) is 0 Å². The van der Waals surface area contributed by atoms with Crippen molar-refractivity contribution in [3.63, 3.8) is 0 Å². The second-order valence-corrected chi connectivity index (χ2v) is 4.59. The maximum absolute atomic E-state index is 5.98. The number of piperidine rings is 1. The summed E-state index contributed by atoms with van der Waals surface area (Å²) in [6, 6.07) is 0.871. The summed E-state index contributed by atoms with van der Waals surface area (Å²) in [7, 11) is 0. The lowest BCUT2D eigenvalue weighted by Crippen LogP contribution is -2.51. The molecule has 0 aromatic carbocycles. The number of hydrogen-bond acceptors (Lipinski definition) is 2. The van der Waals surface area contributed by atoms with E-state index >= 15 is 0 Å². The van der Waals surface area contributed by atoms with Gasteiger partial charge in [-0.05, 0) is 38.1 Å². The SMILES string of the molecule is CC(C)CC1CNC(C)C(N)C1. The summed E-state index contributed by atoms with van der Waals surface area (Å²) in [6.45, 7) is 7.90. The molecule has 0 spiro atoms.